The third kappa shape index (κ3) is 44.3. The summed E-state index contributed by atoms with van der Waals surface area (Å²) in [6.07, 6.45) is 61.9. The molecule has 1 rings (SSSR count). The van der Waals surface area contributed by atoms with Crippen LogP contribution in [0.4, 0.5) is 0 Å². The van der Waals surface area contributed by atoms with Crippen molar-refractivity contribution in [3.63, 3.8) is 0 Å². The zero-order valence-corrected chi connectivity index (χ0v) is 51.1. The van der Waals surface area contributed by atoms with Gasteiger partial charge >= 0.3 is 0 Å². The average molecular weight is 1120 g/mol. The summed E-state index contributed by atoms with van der Waals surface area (Å²) in [5, 5.41) is 76.3. The van der Waals surface area contributed by atoms with Gasteiger partial charge in [-0.1, -0.05) is 268 Å². The number of unbranched alkanes of at least 4 members (excludes halogenated alkanes) is 38. The van der Waals surface area contributed by atoms with Crippen molar-refractivity contribution in [3.05, 3.63) is 48.6 Å². The zero-order chi connectivity index (χ0) is 57.5. The molecule has 11 heteroatoms. The van der Waals surface area contributed by atoms with E-state index in [0.717, 1.165) is 44.9 Å². The van der Waals surface area contributed by atoms with Crippen LogP contribution in [0, 0.1) is 0 Å². The van der Waals surface area contributed by atoms with Crippen LogP contribution in [-0.2, 0) is 14.3 Å². The highest BCUT2D eigenvalue weighted by Crippen LogP contribution is 2.24. The van der Waals surface area contributed by atoms with E-state index in [0.29, 0.717) is 19.3 Å². The predicted molar refractivity (Wildman–Crippen MR) is 330 cm³/mol. The Labute approximate surface area is 485 Å². The lowest BCUT2D eigenvalue weighted by atomic mass is 9.98. The normalized spacial score (nSPS) is 19.6. The standard InChI is InChI=1S/C68H127NO10/c1-3-5-7-9-11-13-15-17-19-21-23-25-26-27-28-29-30-31-32-33-34-36-38-40-42-44-46-48-50-52-54-56-61(72)67(77)69-59(58-78-68-66(76)65(75)64(74)62(57-70)79-68)63(73)60(71)55-53-51-49-47-45-43-41-39-37-35-24-22-20-18-16-14-12-10-8-6-4-2/h22,24,27-28,39,41,47,49,59-66,68,70-76H,3-21,23,25-26,29-38,40,42-46,48,50-58H2,1-2H3,(H,69,77)/b24-22+,28-27-,41-39+,49-47+. The van der Waals surface area contributed by atoms with Gasteiger partial charge in [0.15, 0.2) is 6.29 Å². The lowest BCUT2D eigenvalue weighted by molar-refractivity contribution is -0.303. The summed E-state index contributed by atoms with van der Waals surface area (Å²) < 4.78 is 11.2. The Morgan fingerprint density at radius 2 is 0.759 bits per heavy atom. The number of rotatable bonds is 58. The second kappa shape index (κ2) is 56.5. The molecule has 1 saturated heterocycles. The Balaban J connectivity index is 2.24. The van der Waals surface area contributed by atoms with Crippen molar-refractivity contribution in [3.8, 4) is 0 Å². The molecule has 11 nitrogen and oxygen atoms in total. The van der Waals surface area contributed by atoms with Gasteiger partial charge in [0, 0.05) is 0 Å². The van der Waals surface area contributed by atoms with Crippen molar-refractivity contribution in [1.82, 2.24) is 5.32 Å². The van der Waals surface area contributed by atoms with Crippen LogP contribution in [0.3, 0.4) is 0 Å². The Morgan fingerprint density at radius 1 is 0.430 bits per heavy atom. The van der Waals surface area contributed by atoms with Crippen LogP contribution < -0.4 is 5.32 Å². The SMILES string of the molecule is CCCCCCCCCC/C=C/CC/C=C/CC/C=C/CCCC(O)C(O)C(COC1OC(CO)C(O)C(O)C1O)NC(=O)C(O)CCCCCCCCCCCCCCCCC/C=C\CCCCCCCCCCCCCC. The molecule has 0 aliphatic carbocycles. The first-order valence-electron chi connectivity index (χ1n) is 33.5. The molecule has 0 saturated carbocycles. The van der Waals surface area contributed by atoms with Crippen LogP contribution in [0.5, 0.6) is 0 Å². The van der Waals surface area contributed by atoms with E-state index in [1.165, 1.54) is 218 Å². The van der Waals surface area contributed by atoms with E-state index in [-0.39, 0.29) is 12.8 Å². The molecular weight excluding hydrogens is 991 g/mol. The summed E-state index contributed by atoms with van der Waals surface area (Å²) in [6, 6.07) is -1.20. The fourth-order valence-electron chi connectivity index (χ4n) is 10.6. The van der Waals surface area contributed by atoms with Crippen molar-refractivity contribution >= 4 is 5.91 Å². The molecule has 1 aliphatic heterocycles. The molecule has 464 valence electrons. The van der Waals surface area contributed by atoms with Crippen molar-refractivity contribution in [1.29, 1.82) is 0 Å². The summed E-state index contributed by atoms with van der Waals surface area (Å²) in [4.78, 5) is 13.2. The highest BCUT2D eigenvalue weighted by molar-refractivity contribution is 5.80. The highest BCUT2D eigenvalue weighted by Gasteiger charge is 2.44. The van der Waals surface area contributed by atoms with E-state index in [1.54, 1.807) is 0 Å². The van der Waals surface area contributed by atoms with Gasteiger partial charge in [-0.15, -0.1) is 0 Å². The number of hydrogen-bond acceptors (Lipinski definition) is 10. The summed E-state index contributed by atoms with van der Waals surface area (Å²) in [5.74, 6) is -0.709. The molecule has 0 radical (unpaired) electrons. The molecule has 79 heavy (non-hydrogen) atoms. The van der Waals surface area contributed by atoms with Crippen molar-refractivity contribution in [2.75, 3.05) is 13.2 Å². The molecule has 1 fully saturated rings. The van der Waals surface area contributed by atoms with Gasteiger partial charge in [-0.05, 0) is 89.9 Å². The number of amides is 1. The summed E-state index contributed by atoms with van der Waals surface area (Å²) in [7, 11) is 0. The quantitative estimate of drug-likeness (QED) is 0.0215. The van der Waals surface area contributed by atoms with Crippen LogP contribution in [0.15, 0.2) is 48.6 Å². The van der Waals surface area contributed by atoms with E-state index >= 15 is 0 Å². The minimum atomic E-state index is -1.67. The molecule has 1 aliphatic rings. The van der Waals surface area contributed by atoms with Gasteiger partial charge < -0.3 is 50.5 Å². The molecule has 0 aromatic heterocycles. The van der Waals surface area contributed by atoms with Gasteiger partial charge in [-0.25, -0.2) is 0 Å². The van der Waals surface area contributed by atoms with Gasteiger partial charge in [0.2, 0.25) is 5.91 Å². The topological polar surface area (TPSA) is 189 Å². The van der Waals surface area contributed by atoms with Gasteiger partial charge in [0.25, 0.3) is 0 Å². The first-order valence-corrected chi connectivity index (χ1v) is 33.5. The molecule has 1 heterocycles. The van der Waals surface area contributed by atoms with Crippen molar-refractivity contribution in [2.45, 2.75) is 364 Å². The maximum Gasteiger partial charge on any atom is 0.249 e. The molecule has 0 aromatic rings. The molecule has 0 bridgehead atoms. The summed E-state index contributed by atoms with van der Waals surface area (Å²) in [5.41, 5.74) is 0. The van der Waals surface area contributed by atoms with Gasteiger partial charge in [0.1, 0.15) is 36.6 Å². The predicted octanol–water partition coefficient (Wildman–Crippen LogP) is 15.6. The van der Waals surface area contributed by atoms with Crippen molar-refractivity contribution < 1.29 is 50.0 Å². The van der Waals surface area contributed by atoms with Crippen LogP contribution in [0.25, 0.3) is 0 Å². The number of aliphatic hydroxyl groups is 7. The van der Waals surface area contributed by atoms with Gasteiger partial charge in [-0.3, -0.25) is 4.79 Å². The third-order valence-electron chi connectivity index (χ3n) is 16.1. The number of allylic oxidation sites excluding steroid dienone is 8. The number of carbonyl (C=O) groups excluding carboxylic acids is 1. The summed E-state index contributed by atoms with van der Waals surface area (Å²) >= 11 is 0. The van der Waals surface area contributed by atoms with E-state index in [4.69, 9.17) is 9.47 Å². The van der Waals surface area contributed by atoms with Crippen LogP contribution in [0.2, 0.25) is 0 Å². The maximum absolute atomic E-state index is 13.2. The molecule has 0 aromatic carbocycles. The van der Waals surface area contributed by atoms with Gasteiger partial charge in [0.05, 0.1) is 25.4 Å². The highest BCUT2D eigenvalue weighted by atomic mass is 16.7. The number of nitrogens with one attached hydrogen (secondary N) is 1. The zero-order valence-electron chi connectivity index (χ0n) is 51.1. The van der Waals surface area contributed by atoms with E-state index in [2.05, 4.69) is 67.8 Å². The number of ether oxygens (including phenoxy) is 2. The monoisotopic (exact) mass is 1120 g/mol. The van der Waals surface area contributed by atoms with Crippen LogP contribution in [-0.4, -0.2) is 110 Å². The van der Waals surface area contributed by atoms with Crippen molar-refractivity contribution in [2.24, 2.45) is 0 Å². The molecule has 1 amide bonds. The smallest absolute Gasteiger partial charge is 0.249 e. The number of hydrogen-bond donors (Lipinski definition) is 8. The first kappa shape index (κ1) is 75.1. The molecule has 8 N–H and O–H groups in total. The molecule has 9 unspecified atom stereocenters. The lowest BCUT2D eigenvalue weighted by Crippen LogP contribution is -2.60. The van der Waals surface area contributed by atoms with E-state index in [1.807, 2.05) is 0 Å². The Bertz CT molecular complexity index is 1420. The average Bonchev–Trinajstić information content (AvgIpc) is 3.46. The third-order valence-corrected chi connectivity index (χ3v) is 16.1. The Morgan fingerprint density at radius 3 is 1.13 bits per heavy atom. The largest absolute Gasteiger partial charge is 0.394 e. The summed E-state index contributed by atoms with van der Waals surface area (Å²) in [6.45, 7) is 3.47. The number of carbonyl (C=O) groups is 1. The fraction of sp³-hybridized carbons (Fsp3) is 0.868. The van der Waals surface area contributed by atoms with Gasteiger partial charge in [-0.2, -0.15) is 0 Å². The minimum Gasteiger partial charge on any atom is -0.394 e. The maximum atomic E-state index is 13.2. The Kier molecular flexibility index (Phi) is 53.7. The second-order valence-corrected chi connectivity index (χ2v) is 23.5. The molecule has 0 spiro atoms. The lowest BCUT2D eigenvalue weighted by Gasteiger charge is -2.40. The minimum absolute atomic E-state index is 0.241. The van der Waals surface area contributed by atoms with E-state index < -0.39 is 74.2 Å². The fourth-order valence-corrected chi connectivity index (χ4v) is 10.6. The molecule has 9 atom stereocenters. The Hall–Kier alpha value is -1.93. The second-order valence-electron chi connectivity index (χ2n) is 23.5. The van der Waals surface area contributed by atoms with E-state index in [9.17, 15) is 40.5 Å². The van der Waals surface area contributed by atoms with Crippen LogP contribution in [0.1, 0.15) is 309 Å². The first-order chi connectivity index (χ1) is 38.7. The molecular formula is C68H127NO10. The number of aliphatic hydroxyl groups excluding tert-OH is 7. The van der Waals surface area contributed by atoms with Crippen LogP contribution >= 0.6 is 0 Å².